The average molecular weight is 473 g/mol. The maximum Gasteiger partial charge on any atom is 0.238 e. The average Bonchev–Trinajstić information content (AvgIpc) is 3.24. The number of aromatic nitrogens is 1. The molecule has 1 fully saturated rings. The number of benzene rings is 2. The first kappa shape index (κ1) is 22.4. The fourth-order valence-corrected chi connectivity index (χ4v) is 4.52. The fourth-order valence-electron chi connectivity index (χ4n) is 3.52. The number of nitrogens with one attached hydrogen (secondary N) is 1. The van der Waals surface area contributed by atoms with Crippen molar-refractivity contribution in [2.75, 3.05) is 38.0 Å². The fraction of sp³-hybridized carbons (Fsp3) is 0.261. The van der Waals surface area contributed by atoms with Gasteiger partial charge in [-0.1, -0.05) is 35.9 Å². The van der Waals surface area contributed by atoms with Crippen LogP contribution in [-0.4, -0.2) is 59.3 Å². The number of hydrogen-bond acceptors (Lipinski definition) is 5. The second kappa shape index (κ2) is 10.2. The summed E-state index contributed by atoms with van der Waals surface area (Å²) in [5, 5.41) is 5.86. The monoisotopic (exact) mass is 472 g/mol. The highest BCUT2D eigenvalue weighted by Gasteiger charge is 2.23. The van der Waals surface area contributed by atoms with Crippen molar-refractivity contribution in [3.63, 3.8) is 0 Å². The molecule has 0 aliphatic carbocycles. The number of carbonyl (C=O) groups excluding carboxylic acids is 2. The van der Waals surface area contributed by atoms with Crippen molar-refractivity contribution in [3.8, 4) is 10.6 Å². The summed E-state index contributed by atoms with van der Waals surface area (Å²) >= 11 is 7.48. The van der Waals surface area contributed by atoms with E-state index in [4.69, 9.17) is 11.6 Å². The summed E-state index contributed by atoms with van der Waals surface area (Å²) in [6.45, 7) is 2.59. The Kier molecular flexibility index (Phi) is 7.14. The van der Waals surface area contributed by atoms with E-state index < -0.39 is 0 Å². The zero-order valence-corrected chi connectivity index (χ0v) is 18.8. The van der Waals surface area contributed by atoms with Crippen molar-refractivity contribution in [2.45, 2.75) is 6.42 Å². The third kappa shape index (κ3) is 5.70. The second-order valence-corrected chi connectivity index (χ2v) is 8.78. The SMILES string of the molecule is O=C(CN1CCN(C(=O)Cc2csc(-c3cccc(F)c3)n2)CC1)Nc1ccccc1Cl. The number of piperazine rings is 1. The Morgan fingerprint density at radius 2 is 1.88 bits per heavy atom. The van der Waals surface area contributed by atoms with Crippen LogP contribution in [0.1, 0.15) is 5.69 Å². The zero-order valence-electron chi connectivity index (χ0n) is 17.3. The van der Waals surface area contributed by atoms with E-state index in [2.05, 4.69) is 10.3 Å². The molecule has 1 saturated heterocycles. The highest BCUT2D eigenvalue weighted by atomic mass is 35.5. The van der Waals surface area contributed by atoms with Gasteiger partial charge in [0, 0.05) is 37.1 Å². The Morgan fingerprint density at radius 1 is 1.09 bits per heavy atom. The lowest BCUT2D eigenvalue weighted by atomic mass is 10.2. The molecule has 0 unspecified atom stereocenters. The molecule has 0 bridgehead atoms. The molecular formula is C23H22ClFN4O2S. The Balaban J connectivity index is 1.25. The number of amides is 2. The van der Waals surface area contributed by atoms with Gasteiger partial charge < -0.3 is 10.2 Å². The second-order valence-electron chi connectivity index (χ2n) is 7.52. The van der Waals surface area contributed by atoms with E-state index in [0.29, 0.717) is 53.2 Å². The lowest BCUT2D eigenvalue weighted by Gasteiger charge is -2.34. The molecule has 1 aromatic heterocycles. The van der Waals surface area contributed by atoms with Crippen LogP contribution in [0.25, 0.3) is 10.6 Å². The van der Waals surface area contributed by atoms with Gasteiger partial charge >= 0.3 is 0 Å². The van der Waals surface area contributed by atoms with Gasteiger partial charge in [0.15, 0.2) is 0 Å². The van der Waals surface area contributed by atoms with Gasteiger partial charge in [0.2, 0.25) is 11.8 Å². The van der Waals surface area contributed by atoms with Crippen LogP contribution >= 0.6 is 22.9 Å². The van der Waals surface area contributed by atoms with Crippen LogP contribution < -0.4 is 5.32 Å². The number of halogens is 2. The Bertz CT molecular complexity index is 1110. The summed E-state index contributed by atoms with van der Waals surface area (Å²) in [5.41, 5.74) is 1.98. The van der Waals surface area contributed by atoms with Crippen molar-refractivity contribution in [1.29, 1.82) is 0 Å². The van der Waals surface area contributed by atoms with Crippen LogP contribution in [0.2, 0.25) is 5.02 Å². The van der Waals surface area contributed by atoms with Crippen LogP contribution in [0.5, 0.6) is 0 Å². The van der Waals surface area contributed by atoms with Gasteiger partial charge in [-0.3, -0.25) is 14.5 Å². The van der Waals surface area contributed by atoms with Crippen LogP contribution in [0.3, 0.4) is 0 Å². The summed E-state index contributed by atoms with van der Waals surface area (Å²) in [5.74, 6) is -0.444. The number of hydrogen-bond donors (Lipinski definition) is 1. The van der Waals surface area contributed by atoms with Crippen LogP contribution in [0, 0.1) is 5.82 Å². The molecule has 2 amide bonds. The molecule has 1 N–H and O–H groups in total. The standard InChI is InChI=1S/C23H22ClFN4O2S/c24-19-6-1-2-7-20(19)27-21(30)14-28-8-10-29(11-9-28)22(31)13-18-15-32-23(26-18)16-4-3-5-17(25)12-16/h1-7,12,15H,8-11,13-14H2,(H,27,30). The van der Waals surface area contributed by atoms with Gasteiger partial charge in [-0.2, -0.15) is 0 Å². The molecule has 1 aliphatic rings. The van der Waals surface area contributed by atoms with Gasteiger partial charge in [0.25, 0.3) is 0 Å². The van der Waals surface area contributed by atoms with E-state index in [-0.39, 0.29) is 30.6 Å². The normalized spacial score (nSPS) is 14.4. The van der Waals surface area contributed by atoms with E-state index in [1.54, 1.807) is 29.2 Å². The molecule has 0 radical (unpaired) electrons. The molecule has 0 atom stereocenters. The van der Waals surface area contributed by atoms with E-state index in [0.717, 1.165) is 0 Å². The van der Waals surface area contributed by atoms with Gasteiger partial charge in [0.1, 0.15) is 10.8 Å². The van der Waals surface area contributed by atoms with Gasteiger partial charge in [0.05, 0.1) is 29.4 Å². The molecule has 166 valence electrons. The Morgan fingerprint density at radius 3 is 2.62 bits per heavy atom. The predicted octanol–water partition coefficient (Wildman–Crippen LogP) is 3.93. The zero-order chi connectivity index (χ0) is 22.5. The minimum atomic E-state index is -0.311. The van der Waals surface area contributed by atoms with Crippen LogP contribution in [-0.2, 0) is 16.0 Å². The van der Waals surface area contributed by atoms with E-state index in [1.807, 2.05) is 22.4 Å². The van der Waals surface area contributed by atoms with E-state index >= 15 is 0 Å². The first-order valence-corrected chi connectivity index (χ1v) is 11.5. The molecule has 3 aromatic rings. The molecule has 6 nitrogen and oxygen atoms in total. The van der Waals surface area contributed by atoms with Crippen molar-refractivity contribution < 1.29 is 14.0 Å². The molecule has 2 heterocycles. The number of anilines is 1. The maximum atomic E-state index is 13.4. The first-order chi connectivity index (χ1) is 15.5. The minimum absolute atomic E-state index is 0.00117. The van der Waals surface area contributed by atoms with Gasteiger partial charge in [-0.05, 0) is 24.3 Å². The summed E-state index contributed by atoms with van der Waals surface area (Å²) in [7, 11) is 0. The summed E-state index contributed by atoms with van der Waals surface area (Å²) in [6.07, 6.45) is 0.207. The number of rotatable bonds is 6. The van der Waals surface area contributed by atoms with Crippen molar-refractivity contribution in [2.24, 2.45) is 0 Å². The predicted molar refractivity (Wildman–Crippen MR) is 124 cm³/mol. The topological polar surface area (TPSA) is 65.5 Å². The summed E-state index contributed by atoms with van der Waals surface area (Å²) in [4.78, 5) is 33.3. The molecule has 0 saturated carbocycles. The minimum Gasteiger partial charge on any atom is -0.340 e. The number of thiazole rings is 1. The molecule has 1 aliphatic heterocycles. The third-order valence-electron chi connectivity index (χ3n) is 5.20. The number of nitrogens with zero attached hydrogens (tertiary/aromatic N) is 3. The molecule has 0 spiro atoms. The highest BCUT2D eigenvalue weighted by molar-refractivity contribution is 7.13. The largest absolute Gasteiger partial charge is 0.340 e. The maximum absolute atomic E-state index is 13.4. The Hall–Kier alpha value is -2.81. The number of carbonyl (C=O) groups is 2. The van der Waals surface area contributed by atoms with E-state index in [1.165, 1.54) is 23.5 Å². The summed E-state index contributed by atoms with van der Waals surface area (Å²) < 4.78 is 13.4. The quantitative estimate of drug-likeness (QED) is 0.590. The van der Waals surface area contributed by atoms with Gasteiger partial charge in [-0.25, -0.2) is 9.37 Å². The van der Waals surface area contributed by atoms with Crippen LogP contribution in [0.4, 0.5) is 10.1 Å². The van der Waals surface area contributed by atoms with Crippen molar-refractivity contribution >= 4 is 40.4 Å². The Labute approximate surface area is 194 Å². The smallest absolute Gasteiger partial charge is 0.238 e. The highest BCUT2D eigenvalue weighted by Crippen LogP contribution is 2.25. The lowest BCUT2D eigenvalue weighted by molar-refractivity contribution is -0.132. The van der Waals surface area contributed by atoms with Crippen molar-refractivity contribution in [3.05, 3.63) is 70.4 Å². The molecular weight excluding hydrogens is 451 g/mol. The van der Waals surface area contributed by atoms with E-state index in [9.17, 15) is 14.0 Å². The van der Waals surface area contributed by atoms with Crippen LogP contribution in [0.15, 0.2) is 53.9 Å². The number of para-hydroxylation sites is 1. The molecule has 32 heavy (non-hydrogen) atoms. The van der Waals surface area contributed by atoms with Crippen molar-refractivity contribution in [1.82, 2.24) is 14.8 Å². The third-order valence-corrected chi connectivity index (χ3v) is 6.47. The summed E-state index contributed by atoms with van der Waals surface area (Å²) in [6, 6.07) is 13.4. The molecule has 2 aromatic carbocycles. The molecule has 9 heteroatoms. The molecule has 4 rings (SSSR count). The lowest BCUT2D eigenvalue weighted by Crippen LogP contribution is -2.50. The first-order valence-electron chi connectivity index (χ1n) is 10.2. The van der Waals surface area contributed by atoms with Gasteiger partial charge in [-0.15, -0.1) is 11.3 Å².